The minimum Gasteiger partial charge on any atom is -0.365 e. The fourth-order valence-corrected chi connectivity index (χ4v) is 0.723. The van der Waals surface area contributed by atoms with Crippen LogP contribution in [0.25, 0.3) is 0 Å². The van der Waals surface area contributed by atoms with Crippen LogP contribution in [0.15, 0.2) is 12.2 Å². The molecule has 0 aliphatic heterocycles. The molecule has 0 aromatic rings. The Labute approximate surface area is 62.1 Å². The molecule has 0 unspecified atom stereocenters. The van der Waals surface area contributed by atoms with Gasteiger partial charge in [0.25, 0.3) is 0 Å². The van der Waals surface area contributed by atoms with Crippen LogP contribution in [0.2, 0.25) is 0 Å². The van der Waals surface area contributed by atoms with Gasteiger partial charge in [-0.2, -0.15) is 0 Å². The van der Waals surface area contributed by atoms with Crippen molar-refractivity contribution in [2.75, 3.05) is 13.2 Å². The van der Waals surface area contributed by atoms with E-state index in [0.717, 1.165) is 5.92 Å². The Bertz CT molecular complexity index is 149. The number of terminal acetylenes is 1. The average molecular weight is 136 g/mol. The van der Waals surface area contributed by atoms with Gasteiger partial charge in [-0.3, -0.25) is 0 Å². The molecule has 1 aliphatic carbocycles. The van der Waals surface area contributed by atoms with Crippen molar-refractivity contribution >= 4 is 0 Å². The molecule has 54 valence electrons. The van der Waals surface area contributed by atoms with Crippen molar-refractivity contribution in [3.05, 3.63) is 12.2 Å². The Morgan fingerprint density at radius 1 is 1.60 bits per heavy atom. The van der Waals surface area contributed by atoms with Crippen LogP contribution in [0.4, 0.5) is 0 Å². The molecule has 0 saturated heterocycles. The molecule has 0 heterocycles. The molecule has 0 N–H and O–H groups in total. The van der Waals surface area contributed by atoms with Crippen molar-refractivity contribution in [1.82, 2.24) is 0 Å². The molecule has 0 radical (unpaired) electrons. The summed E-state index contributed by atoms with van der Waals surface area (Å²) in [6.07, 6.45) is 11.9. The van der Waals surface area contributed by atoms with E-state index in [0.29, 0.717) is 13.2 Å². The smallest absolute Gasteiger partial charge is 0.107 e. The van der Waals surface area contributed by atoms with Crippen molar-refractivity contribution in [3.8, 4) is 12.3 Å². The Balaban J connectivity index is 1.89. The van der Waals surface area contributed by atoms with Crippen molar-refractivity contribution in [3.63, 3.8) is 0 Å². The summed E-state index contributed by atoms with van der Waals surface area (Å²) in [7, 11) is 0. The van der Waals surface area contributed by atoms with Gasteiger partial charge in [0.05, 0.1) is 6.61 Å². The molecule has 0 spiro atoms. The summed E-state index contributed by atoms with van der Waals surface area (Å²) in [5.74, 6) is 3.26. The first kappa shape index (κ1) is 7.37. The van der Waals surface area contributed by atoms with Crippen molar-refractivity contribution < 1.29 is 4.74 Å². The van der Waals surface area contributed by atoms with Crippen LogP contribution in [0.3, 0.4) is 0 Å². The minimum atomic E-state index is 0.426. The van der Waals surface area contributed by atoms with Gasteiger partial charge in [-0.05, 0) is 18.8 Å². The van der Waals surface area contributed by atoms with E-state index in [9.17, 15) is 0 Å². The van der Waals surface area contributed by atoms with Gasteiger partial charge < -0.3 is 4.74 Å². The van der Waals surface area contributed by atoms with Crippen LogP contribution < -0.4 is 0 Å². The molecule has 10 heavy (non-hydrogen) atoms. The second-order valence-electron chi connectivity index (χ2n) is 2.48. The first-order chi connectivity index (χ1) is 4.93. The zero-order chi connectivity index (χ0) is 7.23. The van der Waals surface area contributed by atoms with E-state index in [1.165, 1.54) is 12.8 Å². The van der Waals surface area contributed by atoms with E-state index < -0.39 is 0 Å². The number of hydrogen-bond donors (Lipinski definition) is 0. The van der Waals surface area contributed by atoms with Crippen LogP contribution in [0.1, 0.15) is 12.8 Å². The third-order valence-corrected chi connectivity index (χ3v) is 1.43. The number of ether oxygens (including phenoxy) is 1. The summed E-state index contributed by atoms with van der Waals surface area (Å²) in [6, 6.07) is 0. The van der Waals surface area contributed by atoms with Crippen LogP contribution in [0.5, 0.6) is 0 Å². The predicted molar refractivity (Wildman–Crippen MR) is 41.5 cm³/mol. The molecule has 1 fully saturated rings. The molecular weight excluding hydrogens is 124 g/mol. The van der Waals surface area contributed by atoms with Crippen molar-refractivity contribution in [2.45, 2.75) is 12.8 Å². The molecule has 0 aromatic heterocycles. The standard InChI is InChI=1S/C9H12O/c1-2-7-10-8-3-4-9-5-6-9/h1,3-4,9H,5-8H2/b4-3+. The van der Waals surface area contributed by atoms with Crippen LogP contribution >= 0.6 is 0 Å². The largest absolute Gasteiger partial charge is 0.365 e. The van der Waals surface area contributed by atoms with Crippen LogP contribution in [-0.2, 0) is 4.74 Å². The lowest BCUT2D eigenvalue weighted by atomic mass is 10.4. The van der Waals surface area contributed by atoms with E-state index >= 15 is 0 Å². The minimum absolute atomic E-state index is 0.426. The molecule has 1 saturated carbocycles. The molecule has 1 nitrogen and oxygen atoms in total. The van der Waals surface area contributed by atoms with Gasteiger partial charge in [0.1, 0.15) is 6.61 Å². The lowest BCUT2D eigenvalue weighted by Crippen LogP contribution is -1.89. The Kier molecular flexibility index (Phi) is 3.05. The average Bonchev–Trinajstić information content (AvgIpc) is 2.71. The monoisotopic (exact) mass is 136 g/mol. The van der Waals surface area contributed by atoms with Gasteiger partial charge in [0.2, 0.25) is 0 Å². The zero-order valence-corrected chi connectivity index (χ0v) is 6.05. The lowest BCUT2D eigenvalue weighted by Gasteiger charge is -1.90. The number of rotatable bonds is 4. The van der Waals surface area contributed by atoms with Gasteiger partial charge in [-0.1, -0.05) is 18.1 Å². The third-order valence-electron chi connectivity index (χ3n) is 1.43. The fraction of sp³-hybridized carbons (Fsp3) is 0.556. The van der Waals surface area contributed by atoms with Crippen molar-refractivity contribution in [1.29, 1.82) is 0 Å². The van der Waals surface area contributed by atoms with Crippen LogP contribution in [0, 0.1) is 18.3 Å². The number of hydrogen-bond acceptors (Lipinski definition) is 1. The highest BCUT2D eigenvalue weighted by Gasteiger charge is 2.16. The number of allylic oxidation sites excluding steroid dienone is 1. The maximum absolute atomic E-state index is 5.04. The molecular formula is C9H12O. The van der Waals surface area contributed by atoms with Crippen molar-refractivity contribution in [2.24, 2.45) is 5.92 Å². The topological polar surface area (TPSA) is 9.23 Å². The highest BCUT2D eigenvalue weighted by Crippen LogP contribution is 2.29. The second kappa shape index (κ2) is 4.14. The quantitative estimate of drug-likeness (QED) is 0.324. The Morgan fingerprint density at radius 3 is 3.00 bits per heavy atom. The fourth-order valence-electron chi connectivity index (χ4n) is 0.723. The molecule has 0 bridgehead atoms. The predicted octanol–water partition coefficient (Wildman–Crippen LogP) is 1.60. The summed E-state index contributed by atoms with van der Waals surface area (Å²) in [5, 5.41) is 0. The molecule has 0 aromatic carbocycles. The van der Waals surface area contributed by atoms with Gasteiger partial charge in [0.15, 0.2) is 0 Å². The Hall–Kier alpha value is -0.740. The normalized spacial score (nSPS) is 17.5. The molecule has 1 rings (SSSR count). The summed E-state index contributed by atoms with van der Waals surface area (Å²) in [5.41, 5.74) is 0. The molecule has 0 amide bonds. The molecule has 1 aliphatic rings. The molecule has 0 atom stereocenters. The van der Waals surface area contributed by atoms with E-state index in [-0.39, 0.29) is 0 Å². The summed E-state index contributed by atoms with van der Waals surface area (Å²) < 4.78 is 5.04. The highest BCUT2D eigenvalue weighted by atomic mass is 16.5. The van der Waals surface area contributed by atoms with Gasteiger partial charge in [-0.15, -0.1) is 6.42 Å². The van der Waals surface area contributed by atoms with Gasteiger partial charge in [0, 0.05) is 0 Å². The Morgan fingerprint density at radius 2 is 2.40 bits per heavy atom. The summed E-state index contributed by atoms with van der Waals surface area (Å²) in [6.45, 7) is 1.09. The first-order valence-electron chi connectivity index (χ1n) is 3.61. The van der Waals surface area contributed by atoms with Gasteiger partial charge in [-0.25, -0.2) is 0 Å². The first-order valence-corrected chi connectivity index (χ1v) is 3.61. The lowest BCUT2D eigenvalue weighted by molar-refractivity contribution is 0.199. The summed E-state index contributed by atoms with van der Waals surface area (Å²) >= 11 is 0. The summed E-state index contributed by atoms with van der Waals surface area (Å²) in [4.78, 5) is 0. The van der Waals surface area contributed by atoms with Gasteiger partial charge >= 0.3 is 0 Å². The van der Waals surface area contributed by atoms with Crippen LogP contribution in [-0.4, -0.2) is 13.2 Å². The molecule has 1 heteroatoms. The zero-order valence-electron chi connectivity index (χ0n) is 6.05. The second-order valence-corrected chi connectivity index (χ2v) is 2.48. The highest BCUT2D eigenvalue weighted by molar-refractivity contribution is 4.96. The van der Waals surface area contributed by atoms with E-state index in [2.05, 4.69) is 18.1 Å². The maximum Gasteiger partial charge on any atom is 0.107 e. The van der Waals surface area contributed by atoms with E-state index in [4.69, 9.17) is 11.2 Å². The maximum atomic E-state index is 5.04. The third kappa shape index (κ3) is 3.32. The van der Waals surface area contributed by atoms with E-state index in [1.54, 1.807) is 0 Å². The van der Waals surface area contributed by atoms with E-state index in [1.807, 2.05) is 0 Å². The SMILES string of the molecule is C#CCOC/C=C/C1CC1.